The van der Waals surface area contributed by atoms with Gasteiger partial charge in [0, 0.05) is 12.1 Å². The van der Waals surface area contributed by atoms with E-state index in [-0.39, 0.29) is 11.9 Å². The molecule has 2 aliphatic rings. The third-order valence-corrected chi connectivity index (χ3v) is 5.63. The van der Waals surface area contributed by atoms with Crippen molar-refractivity contribution in [2.75, 3.05) is 0 Å². The lowest BCUT2D eigenvalue weighted by atomic mass is 10.2. The zero-order valence-electron chi connectivity index (χ0n) is 14.6. The van der Waals surface area contributed by atoms with Gasteiger partial charge in [-0.15, -0.1) is 0 Å². The molecule has 7 heteroatoms. The van der Waals surface area contributed by atoms with Crippen LogP contribution in [0.4, 0.5) is 4.79 Å². The van der Waals surface area contributed by atoms with Gasteiger partial charge in [0.2, 0.25) is 5.91 Å². The number of nitrogens with zero attached hydrogens (tertiary/aromatic N) is 2. The number of nitrogens with one attached hydrogen (secondary N) is 2. The predicted molar refractivity (Wildman–Crippen MR) is 101 cm³/mol. The van der Waals surface area contributed by atoms with Crippen LogP contribution >= 0.6 is 11.8 Å². The van der Waals surface area contributed by atoms with E-state index in [0.29, 0.717) is 6.04 Å². The maximum absolute atomic E-state index is 12.3. The van der Waals surface area contributed by atoms with Crippen LogP contribution < -0.4 is 10.6 Å². The summed E-state index contributed by atoms with van der Waals surface area (Å²) in [7, 11) is 0. The number of rotatable bonds is 6. The summed E-state index contributed by atoms with van der Waals surface area (Å²) in [5, 5.41) is 5.63. The summed E-state index contributed by atoms with van der Waals surface area (Å²) in [6.07, 6.45) is 6.13. The van der Waals surface area contributed by atoms with Crippen LogP contribution in [0.5, 0.6) is 0 Å². The van der Waals surface area contributed by atoms with Crippen LogP contribution in [0, 0.1) is 0 Å². The van der Waals surface area contributed by atoms with Crippen molar-refractivity contribution in [2.45, 2.75) is 55.1 Å². The van der Waals surface area contributed by atoms with Gasteiger partial charge in [-0.05, 0) is 38.2 Å². The molecule has 1 aromatic carbocycles. The number of aromatic nitrogens is 2. The van der Waals surface area contributed by atoms with Gasteiger partial charge in [-0.3, -0.25) is 10.1 Å². The van der Waals surface area contributed by atoms with Gasteiger partial charge in [0.15, 0.2) is 5.16 Å². The highest BCUT2D eigenvalue weighted by Crippen LogP contribution is 2.42. The molecule has 2 aromatic rings. The number of hydrogen-bond acceptors (Lipinski definition) is 4. The minimum Gasteiger partial charge on any atom is -0.335 e. The molecule has 0 bridgehead atoms. The topological polar surface area (TPSA) is 76.0 Å². The number of hydrogen-bond donors (Lipinski definition) is 2. The maximum atomic E-state index is 12.3. The number of carbonyl (C=O) groups is 2. The first-order valence-corrected chi connectivity index (χ1v) is 9.90. The van der Waals surface area contributed by atoms with Crippen molar-refractivity contribution < 1.29 is 9.59 Å². The molecule has 0 radical (unpaired) electrons. The van der Waals surface area contributed by atoms with Crippen LogP contribution in [0.25, 0.3) is 11.3 Å². The van der Waals surface area contributed by atoms with E-state index in [1.807, 2.05) is 24.4 Å². The Morgan fingerprint density at radius 2 is 1.92 bits per heavy atom. The van der Waals surface area contributed by atoms with E-state index in [4.69, 9.17) is 0 Å². The number of benzene rings is 1. The number of imide groups is 1. The van der Waals surface area contributed by atoms with Crippen molar-refractivity contribution in [2.24, 2.45) is 0 Å². The zero-order chi connectivity index (χ0) is 18.1. The van der Waals surface area contributed by atoms with E-state index < -0.39 is 11.3 Å². The molecule has 26 heavy (non-hydrogen) atoms. The highest BCUT2D eigenvalue weighted by molar-refractivity contribution is 8.00. The number of imidazole rings is 1. The summed E-state index contributed by atoms with van der Waals surface area (Å²) in [6, 6.07) is 10.4. The Morgan fingerprint density at radius 3 is 2.58 bits per heavy atom. The molecule has 0 unspecified atom stereocenters. The van der Waals surface area contributed by atoms with Crippen molar-refractivity contribution in [1.29, 1.82) is 0 Å². The monoisotopic (exact) mass is 370 g/mol. The van der Waals surface area contributed by atoms with Gasteiger partial charge in [0.25, 0.3) is 0 Å². The lowest BCUT2D eigenvalue weighted by molar-refractivity contribution is -0.119. The highest BCUT2D eigenvalue weighted by atomic mass is 32.2. The van der Waals surface area contributed by atoms with Gasteiger partial charge in [-0.25, -0.2) is 9.78 Å². The Hall–Kier alpha value is -2.28. The third kappa shape index (κ3) is 3.93. The molecule has 136 valence electrons. The van der Waals surface area contributed by atoms with Gasteiger partial charge < -0.3 is 9.88 Å². The molecule has 0 saturated heterocycles. The summed E-state index contributed by atoms with van der Waals surface area (Å²) < 4.78 is 2.23. The minimum atomic E-state index is -0.402. The lowest BCUT2D eigenvalue weighted by Gasteiger charge is -2.14. The summed E-state index contributed by atoms with van der Waals surface area (Å²) >= 11 is 1.40. The summed E-state index contributed by atoms with van der Waals surface area (Å²) in [5.41, 5.74) is 2.20. The fourth-order valence-electron chi connectivity index (χ4n) is 2.81. The summed E-state index contributed by atoms with van der Waals surface area (Å²) in [5.74, 6) is -0.292. The molecular weight excluding hydrogens is 348 g/mol. The second kappa shape index (κ2) is 7.15. The van der Waals surface area contributed by atoms with Crippen molar-refractivity contribution >= 4 is 23.7 Å². The van der Waals surface area contributed by atoms with E-state index in [0.717, 1.165) is 42.1 Å². The van der Waals surface area contributed by atoms with Crippen LogP contribution in [-0.4, -0.2) is 32.8 Å². The Bertz CT molecular complexity index is 812. The number of amides is 3. The average Bonchev–Trinajstić information content (AvgIpc) is 3.56. The van der Waals surface area contributed by atoms with Crippen LogP contribution in [0.3, 0.4) is 0 Å². The van der Waals surface area contributed by atoms with Gasteiger partial charge >= 0.3 is 6.03 Å². The van der Waals surface area contributed by atoms with Gasteiger partial charge in [0.1, 0.15) is 0 Å². The molecule has 2 aliphatic carbocycles. The zero-order valence-corrected chi connectivity index (χ0v) is 15.5. The molecule has 1 heterocycles. The largest absolute Gasteiger partial charge is 0.335 e. The van der Waals surface area contributed by atoms with Crippen LogP contribution in [0.2, 0.25) is 0 Å². The molecule has 6 nitrogen and oxygen atoms in total. The summed E-state index contributed by atoms with van der Waals surface area (Å²) in [6.45, 7) is 1.80. The first-order chi connectivity index (χ1) is 12.6. The van der Waals surface area contributed by atoms with E-state index in [1.165, 1.54) is 11.8 Å². The Labute approximate surface area is 156 Å². The predicted octanol–water partition coefficient (Wildman–Crippen LogP) is 3.35. The third-order valence-electron chi connectivity index (χ3n) is 4.55. The van der Waals surface area contributed by atoms with Gasteiger partial charge in [-0.1, -0.05) is 42.1 Å². The van der Waals surface area contributed by atoms with E-state index in [2.05, 4.69) is 32.3 Å². The first kappa shape index (κ1) is 17.1. The normalized spacial score (nSPS) is 17.6. The first-order valence-electron chi connectivity index (χ1n) is 9.02. The molecule has 0 aliphatic heterocycles. The van der Waals surface area contributed by atoms with E-state index >= 15 is 0 Å². The molecule has 4 rings (SSSR count). The molecule has 2 fully saturated rings. The number of thioether (sulfide) groups is 1. The molecule has 3 amide bonds. The Balaban J connectivity index is 1.46. The fourth-order valence-corrected chi connectivity index (χ4v) is 3.77. The van der Waals surface area contributed by atoms with Crippen LogP contribution in [0.15, 0.2) is 41.7 Å². The van der Waals surface area contributed by atoms with Crippen molar-refractivity contribution in [3.05, 3.63) is 36.5 Å². The number of urea groups is 1. The van der Waals surface area contributed by atoms with Gasteiger partial charge in [0.05, 0.1) is 17.1 Å². The lowest BCUT2D eigenvalue weighted by Crippen LogP contribution is -2.43. The Morgan fingerprint density at radius 1 is 1.19 bits per heavy atom. The smallest absolute Gasteiger partial charge is 0.321 e. The fraction of sp³-hybridized carbons (Fsp3) is 0.421. The Kier molecular flexibility index (Phi) is 4.72. The summed E-state index contributed by atoms with van der Waals surface area (Å²) in [4.78, 5) is 28.6. The van der Waals surface area contributed by atoms with Crippen LogP contribution in [0.1, 0.15) is 38.6 Å². The standard InChI is InChI=1S/C19H22N4O2S/c1-12(17(24)22-18(25)21-14-7-8-14)26-19-20-11-16(23(19)15-9-10-15)13-5-3-2-4-6-13/h2-6,11-12,14-15H,7-10H2,1H3,(H2,21,22,24,25)/t12-/m1/s1. The quantitative estimate of drug-likeness (QED) is 0.765. The molecule has 1 aromatic heterocycles. The van der Waals surface area contributed by atoms with Crippen molar-refractivity contribution in [3.63, 3.8) is 0 Å². The molecular formula is C19H22N4O2S. The minimum absolute atomic E-state index is 0.230. The SMILES string of the molecule is C[C@@H](Sc1ncc(-c2ccccc2)n1C1CC1)C(=O)NC(=O)NC1CC1. The van der Waals surface area contributed by atoms with Gasteiger partial charge in [-0.2, -0.15) is 0 Å². The highest BCUT2D eigenvalue weighted by Gasteiger charge is 2.31. The second-order valence-electron chi connectivity index (χ2n) is 6.89. The van der Waals surface area contributed by atoms with Crippen molar-refractivity contribution in [3.8, 4) is 11.3 Å². The maximum Gasteiger partial charge on any atom is 0.321 e. The van der Waals surface area contributed by atoms with Crippen LogP contribution in [-0.2, 0) is 4.79 Å². The average molecular weight is 370 g/mol. The van der Waals surface area contributed by atoms with E-state index in [9.17, 15) is 9.59 Å². The number of carbonyl (C=O) groups excluding carboxylic acids is 2. The molecule has 1 atom stereocenters. The molecule has 0 spiro atoms. The van der Waals surface area contributed by atoms with E-state index in [1.54, 1.807) is 6.92 Å². The second-order valence-corrected chi connectivity index (χ2v) is 8.20. The van der Waals surface area contributed by atoms with Crippen molar-refractivity contribution in [1.82, 2.24) is 20.2 Å². The molecule has 2 saturated carbocycles. The molecule has 2 N–H and O–H groups in total.